The van der Waals surface area contributed by atoms with Crippen LogP contribution in [-0.4, -0.2) is 30.5 Å². The van der Waals surface area contributed by atoms with Crippen molar-refractivity contribution in [3.05, 3.63) is 69.8 Å². The Kier molecular flexibility index (Phi) is 4.79. The average Bonchev–Trinajstić information content (AvgIpc) is 2.52. The Bertz CT molecular complexity index is 947. The summed E-state index contributed by atoms with van der Waals surface area (Å²) in [4.78, 5) is 22.2. The summed E-state index contributed by atoms with van der Waals surface area (Å²) < 4.78 is 23.4. The third-order valence-electron chi connectivity index (χ3n) is 3.21. The fourth-order valence-corrected chi connectivity index (χ4v) is 2.98. The van der Waals surface area contributed by atoms with E-state index in [2.05, 4.69) is 0 Å². The van der Waals surface area contributed by atoms with Gasteiger partial charge in [0.05, 0.1) is 15.4 Å². The summed E-state index contributed by atoms with van der Waals surface area (Å²) in [5.41, 5.74) is -0.513. The number of sulfone groups is 1. The number of benzene rings is 2. The quantitative estimate of drug-likeness (QED) is 0.385. The van der Waals surface area contributed by atoms with Crippen LogP contribution in [0, 0.1) is 10.1 Å². The van der Waals surface area contributed by atoms with Crippen LogP contribution in [0.1, 0.15) is 15.9 Å². The van der Waals surface area contributed by atoms with E-state index in [9.17, 15) is 28.4 Å². The molecule has 0 bridgehead atoms. The number of para-hydroxylation sites is 1. The van der Waals surface area contributed by atoms with Gasteiger partial charge >= 0.3 is 5.69 Å². The van der Waals surface area contributed by atoms with E-state index >= 15 is 0 Å². The van der Waals surface area contributed by atoms with Gasteiger partial charge < -0.3 is 5.11 Å². The van der Waals surface area contributed by atoms with Crippen molar-refractivity contribution < 1.29 is 23.2 Å². The predicted octanol–water partition coefficient (Wildman–Crippen LogP) is 2.60. The third-order valence-corrected chi connectivity index (χ3v) is 4.38. The minimum atomic E-state index is -3.47. The topological polar surface area (TPSA) is 115 Å². The van der Waals surface area contributed by atoms with E-state index in [0.717, 1.165) is 18.4 Å². The lowest BCUT2D eigenvalue weighted by Crippen LogP contribution is -2.00. The number of nitro benzene ring substituents is 1. The van der Waals surface area contributed by atoms with Crippen LogP contribution in [0.4, 0.5) is 5.69 Å². The number of hydrogen-bond donors (Lipinski definition) is 1. The summed E-state index contributed by atoms with van der Waals surface area (Å²) in [7, 11) is -3.47. The van der Waals surface area contributed by atoms with Gasteiger partial charge in [0.1, 0.15) is 0 Å². The summed E-state index contributed by atoms with van der Waals surface area (Å²) >= 11 is 0. The zero-order chi connectivity index (χ0) is 17.9. The highest BCUT2D eigenvalue weighted by atomic mass is 32.2. The average molecular weight is 347 g/mol. The molecule has 0 fully saturated rings. The van der Waals surface area contributed by atoms with Crippen molar-refractivity contribution in [3.63, 3.8) is 0 Å². The molecule has 0 atom stereocenters. The van der Waals surface area contributed by atoms with Gasteiger partial charge in [0, 0.05) is 12.3 Å². The number of allylic oxidation sites excluding steroid dienone is 1. The molecule has 8 heteroatoms. The van der Waals surface area contributed by atoms with Crippen LogP contribution in [0.15, 0.2) is 53.4 Å². The lowest BCUT2D eigenvalue weighted by Gasteiger charge is -2.03. The van der Waals surface area contributed by atoms with Crippen molar-refractivity contribution in [2.24, 2.45) is 0 Å². The smallest absolute Gasteiger partial charge is 0.311 e. The van der Waals surface area contributed by atoms with Crippen LogP contribution >= 0.6 is 0 Å². The first-order chi connectivity index (χ1) is 11.2. The fraction of sp³-hybridized carbons (Fsp3) is 0.0625. The molecule has 0 aromatic heterocycles. The maximum absolute atomic E-state index is 12.2. The molecule has 0 unspecified atom stereocenters. The Balaban J connectivity index is 2.40. The summed E-state index contributed by atoms with van der Waals surface area (Å²) in [5, 5.41) is 20.6. The molecule has 0 aliphatic rings. The summed E-state index contributed by atoms with van der Waals surface area (Å²) in [5.74, 6) is -1.41. The minimum Gasteiger partial charge on any atom is -0.502 e. The van der Waals surface area contributed by atoms with Crippen molar-refractivity contribution >= 4 is 27.4 Å². The van der Waals surface area contributed by atoms with Gasteiger partial charge in [-0.2, -0.15) is 0 Å². The fourth-order valence-electron chi connectivity index (χ4n) is 2.09. The van der Waals surface area contributed by atoms with Crippen LogP contribution < -0.4 is 0 Å². The first-order valence-corrected chi connectivity index (χ1v) is 8.59. The third kappa shape index (κ3) is 3.66. The van der Waals surface area contributed by atoms with Crippen molar-refractivity contribution in [1.29, 1.82) is 0 Å². The van der Waals surface area contributed by atoms with E-state index < -0.39 is 32.0 Å². The number of rotatable bonds is 5. The van der Waals surface area contributed by atoms with Gasteiger partial charge in [0.2, 0.25) is 5.75 Å². The maximum atomic E-state index is 12.2. The Labute approximate surface area is 137 Å². The van der Waals surface area contributed by atoms with Crippen molar-refractivity contribution in [3.8, 4) is 5.75 Å². The Morgan fingerprint density at radius 2 is 1.83 bits per heavy atom. The molecule has 0 radical (unpaired) electrons. The standard InChI is InChI=1S/C16H13NO6S/c1-24(22,23)15-8-3-2-5-11(15)9-10-14(18)12-6-4-7-13(16(12)19)17(20)21/h2-10,19H,1H3/b10-9+. The SMILES string of the molecule is CS(=O)(=O)c1ccccc1/C=C/C(=O)c1cccc([N+](=O)[O-])c1O. The summed E-state index contributed by atoms with van der Waals surface area (Å²) in [6.45, 7) is 0. The molecule has 2 aromatic carbocycles. The molecule has 1 N–H and O–H groups in total. The van der Waals surface area contributed by atoms with Gasteiger partial charge in [0.15, 0.2) is 15.6 Å². The van der Waals surface area contributed by atoms with Crippen molar-refractivity contribution in [2.45, 2.75) is 4.90 Å². The van der Waals surface area contributed by atoms with E-state index in [-0.39, 0.29) is 10.5 Å². The van der Waals surface area contributed by atoms with Gasteiger partial charge in [-0.1, -0.05) is 24.3 Å². The molecule has 2 rings (SSSR count). The van der Waals surface area contributed by atoms with E-state index in [1.54, 1.807) is 12.1 Å². The van der Waals surface area contributed by atoms with Gasteiger partial charge in [-0.3, -0.25) is 14.9 Å². The number of ketones is 1. The second kappa shape index (κ2) is 6.63. The molecule has 0 saturated carbocycles. The molecule has 0 heterocycles. The van der Waals surface area contributed by atoms with Crippen molar-refractivity contribution in [1.82, 2.24) is 0 Å². The van der Waals surface area contributed by atoms with E-state index in [0.29, 0.717) is 5.56 Å². The Morgan fingerprint density at radius 1 is 1.17 bits per heavy atom. The summed E-state index contributed by atoms with van der Waals surface area (Å²) in [6, 6.07) is 9.71. The number of nitrogens with zero attached hydrogens (tertiary/aromatic N) is 1. The molecular weight excluding hydrogens is 334 g/mol. The highest BCUT2D eigenvalue weighted by Crippen LogP contribution is 2.30. The van der Waals surface area contributed by atoms with Crippen LogP contribution in [0.2, 0.25) is 0 Å². The minimum absolute atomic E-state index is 0.0531. The van der Waals surface area contributed by atoms with Crippen LogP contribution in [0.3, 0.4) is 0 Å². The second-order valence-corrected chi connectivity index (χ2v) is 6.92. The monoisotopic (exact) mass is 347 g/mol. The molecule has 2 aromatic rings. The van der Waals surface area contributed by atoms with Crippen LogP contribution in [0.5, 0.6) is 5.75 Å². The lowest BCUT2D eigenvalue weighted by molar-refractivity contribution is -0.385. The summed E-state index contributed by atoms with van der Waals surface area (Å²) in [6.07, 6.45) is 3.40. The van der Waals surface area contributed by atoms with Crippen LogP contribution in [0.25, 0.3) is 6.08 Å². The van der Waals surface area contributed by atoms with Crippen molar-refractivity contribution in [2.75, 3.05) is 6.26 Å². The van der Waals surface area contributed by atoms with Gasteiger partial charge in [-0.05, 0) is 29.8 Å². The highest BCUT2D eigenvalue weighted by Gasteiger charge is 2.19. The second-order valence-electron chi connectivity index (χ2n) is 4.94. The van der Waals surface area contributed by atoms with Gasteiger partial charge in [-0.15, -0.1) is 0 Å². The Morgan fingerprint density at radius 3 is 2.46 bits per heavy atom. The molecule has 0 aliphatic heterocycles. The zero-order valence-corrected chi connectivity index (χ0v) is 13.4. The predicted molar refractivity (Wildman–Crippen MR) is 87.7 cm³/mol. The number of carbonyl (C=O) groups excluding carboxylic acids is 1. The molecule has 7 nitrogen and oxygen atoms in total. The van der Waals surface area contributed by atoms with E-state index in [1.165, 1.54) is 30.3 Å². The number of hydrogen-bond acceptors (Lipinski definition) is 6. The highest BCUT2D eigenvalue weighted by molar-refractivity contribution is 7.90. The number of carbonyl (C=O) groups is 1. The largest absolute Gasteiger partial charge is 0.502 e. The van der Waals surface area contributed by atoms with E-state index in [1.807, 2.05) is 0 Å². The number of aromatic hydroxyl groups is 1. The molecule has 0 aliphatic carbocycles. The molecule has 0 saturated heterocycles. The number of phenols is 1. The molecule has 24 heavy (non-hydrogen) atoms. The molecule has 124 valence electrons. The zero-order valence-electron chi connectivity index (χ0n) is 12.5. The molecular formula is C16H13NO6S. The van der Waals surface area contributed by atoms with Crippen LogP contribution in [-0.2, 0) is 9.84 Å². The lowest BCUT2D eigenvalue weighted by atomic mass is 10.1. The van der Waals surface area contributed by atoms with Gasteiger partial charge in [0.25, 0.3) is 0 Å². The molecule has 0 spiro atoms. The molecule has 0 amide bonds. The number of phenolic OH excluding ortho intramolecular Hbond substituents is 1. The first kappa shape index (κ1) is 17.4. The number of nitro groups is 1. The van der Waals surface area contributed by atoms with Gasteiger partial charge in [-0.25, -0.2) is 8.42 Å². The first-order valence-electron chi connectivity index (χ1n) is 6.69. The van der Waals surface area contributed by atoms with E-state index in [4.69, 9.17) is 0 Å². The Hall–Kier alpha value is -3.00. The maximum Gasteiger partial charge on any atom is 0.311 e. The normalized spacial score (nSPS) is 11.5.